The molecule has 1 saturated carbocycles. The first-order chi connectivity index (χ1) is 10.4. The Kier molecular flexibility index (Phi) is 3.60. The van der Waals surface area contributed by atoms with E-state index >= 15 is 0 Å². The number of amides is 2. The zero-order valence-corrected chi connectivity index (χ0v) is 13.6. The van der Waals surface area contributed by atoms with Crippen LogP contribution in [0.2, 0.25) is 0 Å². The van der Waals surface area contributed by atoms with Crippen molar-refractivity contribution in [2.75, 3.05) is 0 Å². The first-order valence-electron chi connectivity index (χ1n) is 7.26. The number of primary amides is 1. The number of rotatable bonds is 4. The Labute approximate surface area is 132 Å². The molecule has 7 heteroatoms. The van der Waals surface area contributed by atoms with Crippen molar-refractivity contribution in [3.63, 3.8) is 0 Å². The first kappa shape index (κ1) is 14.9. The van der Waals surface area contributed by atoms with Crippen molar-refractivity contribution in [2.45, 2.75) is 45.6 Å². The third kappa shape index (κ3) is 2.56. The Morgan fingerprint density at radius 1 is 1.32 bits per heavy atom. The minimum atomic E-state index is -0.702. The maximum atomic E-state index is 12.3. The molecule has 2 heterocycles. The topological polar surface area (TPSA) is 98.0 Å². The second kappa shape index (κ2) is 5.31. The number of thiophene rings is 1. The summed E-state index contributed by atoms with van der Waals surface area (Å²) in [6.45, 7) is 5.40. The summed E-state index contributed by atoms with van der Waals surface area (Å²) in [6, 6.07) is -0.702. The van der Waals surface area contributed by atoms with Gasteiger partial charge in [-0.1, -0.05) is 0 Å². The highest BCUT2D eigenvalue weighted by Crippen LogP contribution is 2.40. The molecular weight excluding hydrogens is 300 g/mol. The average molecular weight is 318 g/mol. The molecule has 3 N–H and O–H groups in total. The van der Waals surface area contributed by atoms with Gasteiger partial charge in [0, 0.05) is 11.3 Å². The highest BCUT2D eigenvalue weighted by molar-refractivity contribution is 7.20. The van der Waals surface area contributed by atoms with E-state index in [2.05, 4.69) is 15.3 Å². The lowest BCUT2D eigenvalue weighted by Crippen LogP contribution is -2.42. The highest BCUT2D eigenvalue weighted by atomic mass is 32.1. The fourth-order valence-corrected chi connectivity index (χ4v) is 3.58. The Morgan fingerprint density at radius 2 is 2.00 bits per heavy atom. The summed E-state index contributed by atoms with van der Waals surface area (Å²) in [5.74, 6) is 0.500. The molecule has 0 aromatic carbocycles. The minimum absolute atomic E-state index is 0.292. The number of hydrogen-bond donors (Lipinski definition) is 2. The number of nitrogens with zero attached hydrogens (tertiary/aromatic N) is 2. The molecule has 0 aliphatic heterocycles. The molecule has 0 saturated heterocycles. The number of carbonyl (C=O) groups is 2. The zero-order valence-electron chi connectivity index (χ0n) is 12.8. The second-order valence-corrected chi connectivity index (χ2v) is 6.77. The monoisotopic (exact) mass is 318 g/mol. The molecule has 2 aromatic heterocycles. The van der Waals surface area contributed by atoms with E-state index in [9.17, 15) is 9.59 Å². The van der Waals surface area contributed by atoms with Crippen LogP contribution < -0.4 is 11.1 Å². The number of aryl methyl sites for hydroxylation is 2. The summed E-state index contributed by atoms with van der Waals surface area (Å²) < 4.78 is 0. The minimum Gasteiger partial charge on any atom is -0.368 e. The van der Waals surface area contributed by atoms with Crippen LogP contribution in [0.1, 0.15) is 52.4 Å². The molecule has 0 unspecified atom stereocenters. The van der Waals surface area contributed by atoms with Gasteiger partial charge >= 0.3 is 0 Å². The van der Waals surface area contributed by atoms with Crippen LogP contribution in [0.4, 0.5) is 0 Å². The molecule has 0 radical (unpaired) electrons. The van der Waals surface area contributed by atoms with Crippen molar-refractivity contribution in [1.82, 2.24) is 15.3 Å². The van der Waals surface area contributed by atoms with Gasteiger partial charge in [-0.3, -0.25) is 9.59 Å². The lowest BCUT2D eigenvalue weighted by Gasteiger charge is -2.09. The molecule has 3 rings (SSSR count). The summed E-state index contributed by atoms with van der Waals surface area (Å²) in [4.78, 5) is 34.0. The van der Waals surface area contributed by atoms with Gasteiger partial charge in [0.1, 0.15) is 16.7 Å². The number of fused-ring (bicyclic) bond motifs is 1. The number of carbonyl (C=O) groups excluding carboxylic acids is 2. The molecule has 116 valence electrons. The normalized spacial score (nSPS) is 15.8. The first-order valence-corrected chi connectivity index (χ1v) is 8.08. The predicted octanol–water partition coefficient (Wildman–Crippen LogP) is 1.79. The van der Waals surface area contributed by atoms with E-state index in [0.29, 0.717) is 10.8 Å². The quantitative estimate of drug-likeness (QED) is 0.898. The Balaban J connectivity index is 2.00. The SMILES string of the molecule is Cc1nc(C2CC2)nc2sc(C(=O)N[C@@H](C)C(N)=O)c(C)c12. The largest absolute Gasteiger partial charge is 0.368 e. The van der Waals surface area contributed by atoms with Crippen LogP contribution >= 0.6 is 11.3 Å². The van der Waals surface area contributed by atoms with Crippen LogP contribution in [-0.4, -0.2) is 27.8 Å². The van der Waals surface area contributed by atoms with E-state index in [1.165, 1.54) is 11.3 Å². The molecule has 0 bridgehead atoms. The van der Waals surface area contributed by atoms with Gasteiger partial charge in [-0.2, -0.15) is 0 Å². The van der Waals surface area contributed by atoms with E-state index in [-0.39, 0.29) is 5.91 Å². The van der Waals surface area contributed by atoms with E-state index in [0.717, 1.165) is 40.1 Å². The van der Waals surface area contributed by atoms with Crippen LogP contribution in [0.5, 0.6) is 0 Å². The Bertz CT molecular complexity index is 779. The van der Waals surface area contributed by atoms with Crippen LogP contribution in [0, 0.1) is 13.8 Å². The fourth-order valence-electron chi connectivity index (χ4n) is 2.43. The number of aromatic nitrogens is 2. The van der Waals surface area contributed by atoms with Crippen molar-refractivity contribution in [1.29, 1.82) is 0 Å². The summed E-state index contributed by atoms with van der Waals surface area (Å²) in [7, 11) is 0. The van der Waals surface area contributed by atoms with E-state index in [4.69, 9.17) is 5.73 Å². The highest BCUT2D eigenvalue weighted by Gasteiger charge is 2.28. The van der Waals surface area contributed by atoms with Gasteiger partial charge in [-0.15, -0.1) is 11.3 Å². The van der Waals surface area contributed by atoms with Crippen molar-refractivity contribution in [3.8, 4) is 0 Å². The van der Waals surface area contributed by atoms with Gasteiger partial charge in [0.15, 0.2) is 0 Å². The van der Waals surface area contributed by atoms with Crippen molar-refractivity contribution < 1.29 is 9.59 Å². The second-order valence-electron chi connectivity index (χ2n) is 5.78. The molecule has 1 fully saturated rings. The lowest BCUT2D eigenvalue weighted by atomic mass is 10.1. The number of hydrogen-bond acceptors (Lipinski definition) is 5. The standard InChI is InChI=1S/C15H18N4O2S/c1-6-10-7(2)17-13(9-4-5-9)19-15(10)22-11(6)14(21)18-8(3)12(16)20/h8-9H,4-5H2,1-3H3,(H2,16,20)(H,18,21)/t8-/m0/s1. The molecule has 6 nitrogen and oxygen atoms in total. The van der Waals surface area contributed by atoms with Crippen LogP contribution in [0.15, 0.2) is 0 Å². The molecule has 0 spiro atoms. The number of nitrogens with two attached hydrogens (primary N) is 1. The molecule has 2 aromatic rings. The van der Waals surface area contributed by atoms with Gasteiger partial charge in [0.25, 0.3) is 5.91 Å². The maximum Gasteiger partial charge on any atom is 0.262 e. The number of nitrogens with one attached hydrogen (secondary N) is 1. The lowest BCUT2D eigenvalue weighted by molar-refractivity contribution is -0.119. The zero-order chi connectivity index (χ0) is 16.0. The maximum absolute atomic E-state index is 12.3. The third-order valence-corrected chi connectivity index (χ3v) is 5.10. The van der Waals surface area contributed by atoms with Crippen LogP contribution in [0.3, 0.4) is 0 Å². The third-order valence-electron chi connectivity index (χ3n) is 3.91. The van der Waals surface area contributed by atoms with Crippen molar-refractivity contribution in [3.05, 3.63) is 22.0 Å². The summed E-state index contributed by atoms with van der Waals surface area (Å²) >= 11 is 1.34. The van der Waals surface area contributed by atoms with Gasteiger partial charge in [-0.25, -0.2) is 9.97 Å². The summed E-state index contributed by atoms with van der Waals surface area (Å²) in [6.07, 6.45) is 2.28. The van der Waals surface area contributed by atoms with Crippen LogP contribution in [-0.2, 0) is 4.79 Å². The van der Waals surface area contributed by atoms with Gasteiger partial charge < -0.3 is 11.1 Å². The van der Waals surface area contributed by atoms with E-state index < -0.39 is 11.9 Å². The van der Waals surface area contributed by atoms with Gasteiger partial charge in [0.05, 0.1) is 10.6 Å². The predicted molar refractivity (Wildman–Crippen MR) is 85.0 cm³/mol. The van der Waals surface area contributed by atoms with Crippen molar-refractivity contribution >= 4 is 33.4 Å². The molecule has 2 amide bonds. The van der Waals surface area contributed by atoms with Crippen molar-refractivity contribution in [2.24, 2.45) is 5.73 Å². The van der Waals surface area contributed by atoms with Gasteiger partial charge in [0.2, 0.25) is 5.91 Å². The van der Waals surface area contributed by atoms with E-state index in [1.54, 1.807) is 6.92 Å². The smallest absolute Gasteiger partial charge is 0.262 e. The molecule has 1 aliphatic carbocycles. The molecule has 22 heavy (non-hydrogen) atoms. The molecule has 1 aliphatic rings. The summed E-state index contributed by atoms with van der Waals surface area (Å²) in [5, 5.41) is 3.55. The van der Waals surface area contributed by atoms with Crippen LogP contribution in [0.25, 0.3) is 10.2 Å². The molecule has 1 atom stereocenters. The molecular formula is C15H18N4O2S. The Hall–Kier alpha value is -2.02. The fraction of sp³-hybridized carbons (Fsp3) is 0.467. The Morgan fingerprint density at radius 3 is 2.59 bits per heavy atom. The summed E-state index contributed by atoms with van der Waals surface area (Å²) in [5.41, 5.74) is 6.95. The van der Waals surface area contributed by atoms with E-state index in [1.807, 2.05) is 13.8 Å². The average Bonchev–Trinajstić information content (AvgIpc) is 3.23. The van der Waals surface area contributed by atoms with Gasteiger partial charge in [-0.05, 0) is 39.2 Å².